The van der Waals surface area contributed by atoms with E-state index >= 15 is 0 Å². The summed E-state index contributed by atoms with van der Waals surface area (Å²) >= 11 is 5.60. The maximum atomic E-state index is 15.0. The van der Waals surface area contributed by atoms with Gasteiger partial charge in [0.05, 0.1) is 5.02 Å². The molecule has 1 heterocycles. The first-order valence-electron chi connectivity index (χ1n) is 7.79. The number of hydrogen-bond acceptors (Lipinski definition) is 2. The minimum atomic E-state index is -1.59. The number of halogens is 4. The molecule has 1 fully saturated rings. The van der Waals surface area contributed by atoms with Crippen molar-refractivity contribution in [1.82, 2.24) is 4.90 Å². The number of rotatable bonds is 2. The van der Waals surface area contributed by atoms with Crippen molar-refractivity contribution in [2.45, 2.75) is 51.3 Å². The summed E-state index contributed by atoms with van der Waals surface area (Å²) in [6.45, 7) is 5.72. The number of alkyl halides is 1. The average Bonchev–Trinajstić information content (AvgIpc) is 2.43. The number of benzene rings is 1. The number of carbonyl (C=O) groups is 1. The molecule has 1 aliphatic rings. The highest BCUT2D eigenvalue weighted by Gasteiger charge is 2.37. The van der Waals surface area contributed by atoms with Crippen LogP contribution in [0.25, 0.3) is 0 Å². The summed E-state index contributed by atoms with van der Waals surface area (Å²) in [6.07, 6.45) is -0.349. The Morgan fingerprint density at radius 1 is 1.29 bits per heavy atom. The normalized spacial score (nSPS) is 17.7. The Hall–Kier alpha value is -1.43. The van der Waals surface area contributed by atoms with Gasteiger partial charge in [-0.1, -0.05) is 11.6 Å². The molecule has 0 bridgehead atoms. The van der Waals surface area contributed by atoms with Crippen molar-refractivity contribution in [3.05, 3.63) is 34.4 Å². The van der Waals surface area contributed by atoms with Crippen LogP contribution >= 0.6 is 11.6 Å². The van der Waals surface area contributed by atoms with Crippen LogP contribution in [0.15, 0.2) is 12.1 Å². The fourth-order valence-electron chi connectivity index (χ4n) is 2.67. The lowest BCUT2D eigenvalue weighted by Gasteiger charge is -2.37. The molecule has 7 heteroatoms. The van der Waals surface area contributed by atoms with E-state index in [9.17, 15) is 18.0 Å². The molecule has 1 aromatic carbocycles. The van der Waals surface area contributed by atoms with E-state index in [1.807, 2.05) is 0 Å². The lowest BCUT2D eigenvalue weighted by atomic mass is 9.87. The first-order chi connectivity index (χ1) is 11.0. The zero-order valence-corrected chi connectivity index (χ0v) is 14.7. The van der Waals surface area contributed by atoms with Crippen molar-refractivity contribution >= 4 is 17.7 Å². The van der Waals surface area contributed by atoms with Gasteiger partial charge in [-0.3, -0.25) is 0 Å². The van der Waals surface area contributed by atoms with E-state index < -0.39 is 29.0 Å². The largest absolute Gasteiger partial charge is 0.444 e. The Kier molecular flexibility index (Phi) is 5.37. The van der Waals surface area contributed by atoms with E-state index in [0.29, 0.717) is 5.56 Å². The van der Waals surface area contributed by atoms with Crippen LogP contribution in [-0.2, 0) is 11.2 Å². The van der Waals surface area contributed by atoms with Crippen LogP contribution < -0.4 is 0 Å². The van der Waals surface area contributed by atoms with E-state index in [2.05, 4.69) is 0 Å². The van der Waals surface area contributed by atoms with Gasteiger partial charge in [-0.25, -0.2) is 18.0 Å². The molecule has 24 heavy (non-hydrogen) atoms. The zero-order chi connectivity index (χ0) is 18.1. The zero-order valence-electron chi connectivity index (χ0n) is 14.0. The quantitative estimate of drug-likeness (QED) is 0.699. The van der Waals surface area contributed by atoms with Gasteiger partial charge in [0.2, 0.25) is 0 Å². The number of hydrogen-bond donors (Lipinski definition) is 0. The van der Waals surface area contributed by atoms with Crippen molar-refractivity contribution in [1.29, 1.82) is 0 Å². The van der Waals surface area contributed by atoms with Gasteiger partial charge in [-0.15, -0.1) is 0 Å². The molecule has 0 spiro atoms. The first kappa shape index (κ1) is 18.9. The van der Waals surface area contributed by atoms with Crippen LogP contribution in [0.1, 0.15) is 39.2 Å². The van der Waals surface area contributed by atoms with Gasteiger partial charge < -0.3 is 9.64 Å². The summed E-state index contributed by atoms with van der Waals surface area (Å²) in [5, 5.41) is -0.361. The first-order valence-corrected chi connectivity index (χ1v) is 8.17. The Bertz CT molecular complexity index is 600. The van der Waals surface area contributed by atoms with Gasteiger partial charge >= 0.3 is 6.09 Å². The van der Waals surface area contributed by atoms with Crippen LogP contribution in [0, 0.1) is 11.6 Å². The third-order valence-electron chi connectivity index (χ3n) is 3.88. The highest BCUT2D eigenvalue weighted by Crippen LogP contribution is 2.32. The van der Waals surface area contributed by atoms with Gasteiger partial charge in [-0.05, 0) is 51.3 Å². The summed E-state index contributed by atoms with van der Waals surface area (Å²) in [5.74, 6) is -2.22. The van der Waals surface area contributed by atoms with Crippen molar-refractivity contribution in [2.75, 3.05) is 13.1 Å². The molecule has 0 radical (unpaired) electrons. The smallest absolute Gasteiger partial charge is 0.410 e. The van der Waals surface area contributed by atoms with Crippen molar-refractivity contribution in [3.63, 3.8) is 0 Å². The Morgan fingerprint density at radius 2 is 1.88 bits per heavy atom. The highest BCUT2D eigenvalue weighted by molar-refractivity contribution is 6.30. The van der Waals surface area contributed by atoms with Crippen molar-refractivity contribution in [3.8, 4) is 0 Å². The monoisotopic (exact) mass is 363 g/mol. The molecule has 0 aromatic heterocycles. The molecule has 0 aliphatic carbocycles. The summed E-state index contributed by atoms with van der Waals surface area (Å²) in [5.41, 5.74) is -1.90. The predicted octanol–water partition coefficient (Wildman–Crippen LogP) is 4.90. The van der Waals surface area contributed by atoms with E-state index in [4.69, 9.17) is 16.3 Å². The van der Waals surface area contributed by atoms with Crippen LogP contribution in [0.2, 0.25) is 5.02 Å². The molecule has 134 valence electrons. The third-order valence-corrected chi connectivity index (χ3v) is 4.15. The molecule has 0 saturated carbocycles. The number of nitrogens with zero attached hydrogens (tertiary/aromatic N) is 1. The molecule has 0 atom stereocenters. The Morgan fingerprint density at radius 3 is 2.38 bits per heavy atom. The van der Waals surface area contributed by atoms with Gasteiger partial charge in [-0.2, -0.15) is 0 Å². The van der Waals surface area contributed by atoms with Crippen LogP contribution in [-0.4, -0.2) is 35.4 Å². The number of amides is 1. The maximum absolute atomic E-state index is 15.0. The minimum Gasteiger partial charge on any atom is -0.444 e. The molecule has 0 unspecified atom stereocenters. The second kappa shape index (κ2) is 6.82. The Labute approximate surface area is 144 Å². The third kappa shape index (κ3) is 4.79. The molecular weight excluding hydrogens is 343 g/mol. The molecular formula is C17H21ClF3NO2. The number of likely N-dealkylation sites (tertiary alicyclic amines) is 1. The van der Waals surface area contributed by atoms with Crippen LogP contribution in [0.4, 0.5) is 18.0 Å². The van der Waals surface area contributed by atoms with E-state index in [1.54, 1.807) is 20.8 Å². The summed E-state index contributed by atoms with van der Waals surface area (Å²) in [7, 11) is 0. The SMILES string of the molecule is CC(C)(C)OC(=O)N1CCC(F)(Cc2cc(F)c(F)c(Cl)c2)CC1. The topological polar surface area (TPSA) is 29.5 Å². The second-order valence-electron chi connectivity index (χ2n) is 7.17. The summed E-state index contributed by atoms with van der Waals surface area (Å²) in [4.78, 5) is 13.4. The molecule has 2 rings (SSSR count). The number of piperidine rings is 1. The number of carbonyl (C=O) groups excluding carboxylic acids is 1. The number of ether oxygens (including phenoxy) is 1. The fourth-order valence-corrected chi connectivity index (χ4v) is 2.90. The van der Waals surface area contributed by atoms with E-state index in [1.165, 1.54) is 11.0 Å². The van der Waals surface area contributed by atoms with Crippen molar-refractivity contribution < 1.29 is 22.7 Å². The summed E-state index contributed by atoms with van der Waals surface area (Å²) < 4.78 is 46.8. The molecule has 3 nitrogen and oxygen atoms in total. The van der Waals surface area contributed by atoms with Gasteiger partial charge in [0.1, 0.15) is 11.3 Å². The van der Waals surface area contributed by atoms with Gasteiger partial charge in [0, 0.05) is 19.5 Å². The molecule has 1 saturated heterocycles. The fraction of sp³-hybridized carbons (Fsp3) is 0.588. The average molecular weight is 364 g/mol. The van der Waals surface area contributed by atoms with E-state index in [0.717, 1.165) is 6.07 Å². The summed E-state index contributed by atoms with van der Waals surface area (Å²) in [6, 6.07) is 2.20. The second-order valence-corrected chi connectivity index (χ2v) is 7.58. The molecule has 1 aliphatic heterocycles. The van der Waals surface area contributed by atoms with Crippen LogP contribution in [0.5, 0.6) is 0 Å². The lowest BCUT2D eigenvalue weighted by molar-refractivity contribution is 0.00338. The van der Waals surface area contributed by atoms with Gasteiger partial charge in [0.15, 0.2) is 11.6 Å². The van der Waals surface area contributed by atoms with Crippen LogP contribution in [0.3, 0.4) is 0 Å². The van der Waals surface area contributed by atoms with Gasteiger partial charge in [0.25, 0.3) is 0 Å². The van der Waals surface area contributed by atoms with E-state index in [-0.39, 0.29) is 37.4 Å². The molecule has 1 amide bonds. The Balaban J connectivity index is 1.99. The standard InChI is InChI=1S/C17H21ClF3NO2/c1-16(2,3)24-15(23)22-6-4-17(21,5-7-22)10-11-8-12(18)14(20)13(19)9-11/h8-9H,4-7,10H2,1-3H3. The molecule has 1 aromatic rings. The minimum absolute atomic E-state index is 0.0773. The van der Waals surface area contributed by atoms with Crippen molar-refractivity contribution in [2.24, 2.45) is 0 Å². The highest BCUT2D eigenvalue weighted by atomic mass is 35.5. The maximum Gasteiger partial charge on any atom is 0.410 e. The molecule has 0 N–H and O–H groups in total. The predicted molar refractivity (Wildman–Crippen MR) is 86.0 cm³/mol. The lowest BCUT2D eigenvalue weighted by Crippen LogP contribution is -2.47.